The number of aryl methyl sites for hydroxylation is 1. The number of nitrogens with zero attached hydrogens (tertiary/aromatic N) is 5. The van der Waals surface area contributed by atoms with Crippen molar-refractivity contribution in [1.29, 1.82) is 0 Å². The molecule has 1 aliphatic rings. The number of hydrogen-bond acceptors (Lipinski definition) is 11. The lowest BCUT2D eigenvalue weighted by molar-refractivity contribution is 0.0543. The first kappa shape index (κ1) is 26.4. The third-order valence-electron chi connectivity index (χ3n) is 6.37. The molecule has 42 heavy (non-hydrogen) atoms. The molecule has 0 radical (unpaired) electrons. The van der Waals surface area contributed by atoms with E-state index in [1.807, 2.05) is 37.3 Å². The molecule has 0 aliphatic carbocycles. The largest absolute Gasteiger partial charge is 0.497 e. The highest BCUT2D eigenvalue weighted by Crippen LogP contribution is 2.44. The lowest BCUT2D eigenvalue weighted by atomic mass is 9.93. The molecule has 0 amide bonds. The van der Waals surface area contributed by atoms with E-state index in [4.69, 9.17) is 28.7 Å². The number of H-pyrrole nitrogens is 1. The quantitative estimate of drug-likeness (QED) is 0.241. The van der Waals surface area contributed by atoms with E-state index in [9.17, 15) is 4.79 Å². The second kappa shape index (κ2) is 11.8. The van der Waals surface area contributed by atoms with Crippen LogP contribution < -0.4 is 18.9 Å². The van der Waals surface area contributed by atoms with Gasteiger partial charge >= 0.3 is 5.97 Å². The number of hydrogen-bond donors (Lipinski definition) is 1. The number of esters is 1. The fourth-order valence-corrected chi connectivity index (χ4v) is 4.40. The monoisotopic (exact) mass is 564 g/mol. The maximum atomic E-state index is 12.4. The van der Waals surface area contributed by atoms with Crippen LogP contribution in [-0.4, -0.2) is 57.1 Å². The molecule has 0 atom stereocenters. The first-order valence-corrected chi connectivity index (χ1v) is 12.9. The minimum Gasteiger partial charge on any atom is -0.497 e. The molecule has 0 spiro atoms. The molecule has 3 aromatic heterocycles. The Morgan fingerprint density at radius 1 is 1.02 bits per heavy atom. The number of fused-ring (bicyclic) bond motifs is 1. The number of carbonyl (C=O) groups is 1. The minimum absolute atomic E-state index is 0.0177. The van der Waals surface area contributed by atoms with Gasteiger partial charge in [-0.15, -0.1) is 10.2 Å². The SMILES string of the molecule is COc1ccc(-c2c(/C=C/COC(=O)c3ccccn3)c(C)nc(Oc3ccc4c(c3)OCO4)c2-c2nn[nH]n2)cc1. The highest BCUT2D eigenvalue weighted by Gasteiger charge is 2.25. The van der Waals surface area contributed by atoms with Crippen LogP contribution in [0, 0.1) is 6.92 Å². The topological polar surface area (TPSA) is 143 Å². The number of nitrogens with one attached hydrogen (secondary N) is 1. The number of rotatable bonds is 9. The van der Waals surface area contributed by atoms with Crippen LogP contribution in [0.2, 0.25) is 0 Å². The van der Waals surface area contributed by atoms with E-state index in [1.54, 1.807) is 49.6 Å². The first-order chi connectivity index (χ1) is 20.6. The van der Waals surface area contributed by atoms with Gasteiger partial charge < -0.3 is 23.7 Å². The van der Waals surface area contributed by atoms with E-state index in [0.29, 0.717) is 34.3 Å². The molecule has 12 heteroatoms. The second-order valence-corrected chi connectivity index (χ2v) is 8.96. The van der Waals surface area contributed by atoms with Gasteiger partial charge in [0.25, 0.3) is 0 Å². The second-order valence-electron chi connectivity index (χ2n) is 8.96. The maximum absolute atomic E-state index is 12.4. The zero-order valence-electron chi connectivity index (χ0n) is 22.6. The van der Waals surface area contributed by atoms with E-state index in [0.717, 1.165) is 16.7 Å². The molecule has 0 saturated carbocycles. The van der Waals surface area contributed by atoms with Crippen LogP contribution in [0.4, 0.5) is 0 Å². The summed E-state index contributed by atoms with van der Waals surface area (Å²) >= 11 is 0. The highest BCUT2D eigenvalue weighted by molar-refractivity contribution is 5.91. The van der Waals surface area contributed by atoms with Gasteiger partial charge in [-0.2, -0.15) is 5.21 Å². The van der Waals surface area contributed by atoms with Crippen LogP contribution >= 0.6 is 0 Å². The summed E-state index contributed by atoms with van der Waals surface area (Å²) in [6.45, 7) is 2.02. The molecule has 1 N–H and O–H groups in total. The highest BCUT2D eigenvalue weighted by atomic mass is 16.7. The van der Waals surface area contributed by atoms with Gasteiger partial charge in [-0.25, -0.2) is 14.8 Å². The average Bonchev–Trinajstić information content (AvgIpc) is 3.73. The number of methoxy groups -OCH3 is 1. The summed E-state index contributed by atoms with van der Waals surface area (Å²) in [6.07, 6.45) is 5.10. The van der Waals surface area contributed by atoms with Gasteiger partial charge in [0.1, 0.15) is 23.8 Å². The standard InChI is InChI=1S/C30H24N6O6/c1-18-22(6-5-15-39-30(37)23-7-3-4-14-31-23)26(19-8-10-20(38-2)11-9-19)27(28-33-35-36-34-28)29(32-18)42-21-12-13-24-25(16-21)41-17-40-24/h3-14,16H,15,17H2,1-2H3,(H,33,34,35,36)/b6-5+. The predicted octanol–water partition coefficient (Wildman–Crippen LogP) is 5.03. The van der Waals surface area contributed by atoms with Crippen molar-refractivity contribution in [2.75, 3.05) is 20.5 Å². The smallest absolute Gasteiger partial charge is 0.357 e. The zero-order valence-corrected chi connectivity index (χ0v) is 22.6. The van der Waals surface area contributed by atoms with Crippen molar-refractivity contribution in [1.82, 2.24) is 30.6 Å². The number of aromatic amines is 1. The Kier molecular flexibility index (Phi) is 7.40. The summed E-state index contributed by atoms with van der Waals surface area (Å²) in [4.78, 5) is 21.2. The van der Waals surface area contributed by atoms with E-state index in [1.165, 1.54) is 6.20 Å². The van der Waals surface area contributed by atoms with Crippen molar-refractivity contribution in [2.45, 2.75) is 6.92 Å². The van der Waals surface area contributed by atoms with Gasteiger partial charge in [-0.05, 0) is 60.2 Å². The lowest BCUT2D eigenvalue weighted by Crippen LogP contribution is -2.07. The number of aromatic nitrogens is 6. The number of tetrazole rings is 1. The van der Waals surface area contributed by atoms with Crippen LogP contribution in [0.3, 0.4) is 0 Å². The average molecular weight is 565 g/mol. The summed E-state index contributed by atoms with van der Waals surface area (Å²) < 4.78 is 28.0. The van der Waals surface area contributed by atoms with Crippen LogP contribution in [-0.2, 0) is 4.74 Å². The Morgan fingerprint density at radius 2 is 1.86 bits per heavy atom. The van der Waals surface area contributed by atoms with Crippen molar-refractivity contribution in [2.24, 2.45) is 0 Å². The predicted molar refractivity (Wildman–Crippen MR) is 150 cm³/mol. The lowest BCUT2D eigenvalue weighted by Gasteiger charge is -2.18. The Hall–Kier alpha value is -5.78. The summed E-state index contributed by atoms with van der Waals surface area (Å²) in [7, 11) is 1.61. The molecule has 6 rings (SSSR count). The molecular formula is C30H24N6O6. The van der Waals surface area contributed by atoms with Gasteiger partial charge in [0.2, 0.25) is 18.5 Å². The number of carbonyl (C=O) groups excluding carboxylic acids is 1. The van der Waals surface area contributed by atoms with E-state index < -0.39 is 5.97 Å². The Balaban J connectivity index is 1.42. The molecule has 0 bridgehead atoms. The molecule has 12 nitrogen and oxygen atoms in total. The van der Waals surface area contributed by atoms with E-state index >= 15 is 0 Å². The van der Waals surface area contributed by atoms with Gasteiger partial charge in [0.15, 0.2) is 11.5 Å². The number of pyridine rings is 2. The molecular weight excluding hydrogens is 540 g/mol. The van der Waals surface area contributed by atoms with Crippen LogP contribution in [0.25, 0.3) is 28.6 Å². The third-order valence-corrected chi connectivity index (χ3v) is 6.37. The van der Waals surface area contributed by atoms with Crippen LogP contribution in [0.15, 0.2) is 72.9 Å². The Bertz CT molecular complexity index is 1740. The maximum Gasteiger partial charge on any atom is 0.357 e. The molecule has 0 saturated heterocycles. The first-order valence-electron chi connectivity index (χ1n) is 12.9. The van der Waals surface area contributed by atoms with Gasteiger partial charge in [0.05, 0.1) is 12.7 Å². The Morgan fingerprint density at radius 3 is 2.62 bits per heavy atom. The summed E-state index contributed by atoms with van der Waals surface area (Å²) in [6, 6.07) is 17.9. The number of benzene rings is 2. The van der Waals surface area contributed by atoms with Crippen molar-refractivity contribution >= 4 is 12.0 Å². The summed E-state index contributed by atoms with van der Waals surface area (Å²) in [5, 5.41) is 14.8. The normalized spacial score (nSPS) is 12.0. The third kappa shape index (κ3) is 5.45. The molecule has 0 unspecified atom stereocenters. The molecule has 2 aromatic carbocycles. The van der Waals surface area contributed by atoms with Crippen molar-refractivity contribution in [3.05, 3.63) is 89.9 Å². The number of ether oxygens (including phenoxy) is 5. The summed E-state index contributed by atoms with van der Waals surface area (Å²) in [5.74, 6) is 2.40. The molecule has 210 valence electrons. The summed E-state index contributed by atoms with van der Waals surface area (Å²) in [5.41, 5.74) is 3.67. The van der Waals surface area contributed by atoms with Gasteiger partial charge in [-0.1, -0.05) is 24.3 Å². The van der Waals surface area contributed by atoms with Gasteiger partial charge in [-0.3, -0.25) is 0 Å². The molecule has 5 aromatic rings. The van der Waals surface area contributed by atoms with Crippen LogP contribution in [0.1, 0.15) is 21.7 Å². The van der Waals surface area contributed by atoms with Crippen LogP contribution in [0.5, 0.6) is 28.9 Å². The molecule has 4 heterocycles. The molecule has 1 aliphatic heterocycles. The van der Waals surface area contributed by atoms with E-state index in [-0.39, 0.29) is 30.8 Å². The van der Waals surface area contributed by atoms with Crippen molar-refractivity contribution < 1.29 is 28.5 Å². The Labute approximate surface area is 239 Å². The molecule has 0 fully saturated rings. The van der Waals surface area contributed by atoms with Crippen molar-refractivity contribution in [3.63, 3.8) is 0 Å². The zero-order chi connectivity index (χ0) is 28.9. The van der Waals surface area contributed by atoms with Crippen molar-refractivity contribution in [3.8, 4) is 51.4 Å². The fraction of sp³-hybridized carbons (Fsp3) is 0.133. The van der Waals surface area contributed by atoms with E-state index in [2.05, 4.69) is 25.6 Å². The van der Waals surface area contributed by atoms with Gasteiger partial charge in [0, 0.05) is 29.1 Å². The minimum atomic E-state index is -0.523. The fourth-order valence-electron chi connectivity index (χ4n) is 4.40.